The topological polar surface area (TPSA) is 81.7 Å². The smallest absolute Gasteiger partial charge is 0.236 e. The van der Waals surface area contributed by atoms with Crippen LogP contribution in [-0.4, -0.2) is 32.5 Å². The van der Waals surface area contributed by atoms with Gasteiger partial charge in [-0.25, -0.2) is 13.1 Å². The predicted octanol–water partition coefficient (Wildman–Crippen LogP) is 2.68. The Hall–Kier alpha value is -1.86. The lowest BCUT2D eigenvalue weighted by Crippen LogP contribution is -2.53. The van der Waals surface area contributed by atoms with E-state index in [4.69, 9.17) is 9.47 Å². The van der Waals surface area contributed by atoms with Crippen molar-refractivity contribution < 1.29 is 22.7 Å². The average Bonchev–Trinajstić information content (AvgIpc) is 2.92. The number of rotatable bonds is 6. The van der Waals surface area contributed by atoms with Gasteiger partial charge in [0.15, 0.2) is 17.3 Å². The number of Topliss-reactive ketones (excluding diaryl/α,β-unsaturated/α-hetero) is 1. The van der Waals surface area contributed by atoms with Crippen molar-refractivity contribution in [1.29, 1.82) is 0 Å². The van der Waals surface area contributed by atoms with Crippen LogP contribution in [0.25, 0.3) is 0 Å². The van der Waals surface area contributed by atoms with Crippen molar-refractivity contribution in [2.24, 2.45) is 0 Å². The van der Waals surface area contributed by atoms with Crippen LogP contribution in [0.3, 0.4) is 0 Å². The molecule has 142 valence electrons. The molecule has 2 aliphatic rings. The summed E-state index contributed by atoms with van der Waals surface area (Å²) in [6.07, 6.45) is 1.37. The molecule has 1 heterocycles. The minimum Gasteiger partial charge on any atom is -0.482 e. The standard InChI is InChI=1S/C19H25NO5S/c1-12(2)26(22,23)20-16-9-10-18(4)19(16,5)14-7-6-8-15(17(14)25-18)24-11-13(3)21/h6-8,16,20H,1,9-11H2,2-5H3/t16-,18?,19?/m0/s1. The van der Waals surface area contributed by atoms with Gasteiger partial charge in [0, 0.05) is 16.5 Å². The SMILES string of the molecule is C=C(C)S(=O)(=O)N[C@H]1CCC2(C)Oc3c(OCC(C)=O)cccc3C12C. The van der Waals surface area contributed by atoms with Gasteiger partial charge in [0.05, 0.1) is 5.41 Å². The highest BCUT2D eigenvalue weighted by molar-refractivity contribution is 7.93. The summed E-state index contributed by atoms with van der Waals surface area (Å²) in [7, 11) is -3.60. The molecule has 1 aromatic rings. The van der Waals surface area contributed by atoms with E-state index in [1.807, 2.05) is 26.0 Å². The zero-order chi connectivity index (χ0) is 19.3. The third-order valence-electron chi connectivity index (χ3n) is 5.76. The first-order chi connectivity index (χ1) is 12.0. The largest absolute Gasteiger partial charge is 0.482 e. The van der Waals surface area contributed by atoms with Crippen LogP contribution in [-0.2, 0) is 20.2 Å². The maximum absolute atomic E-state index is 12.4. The molecule has 1 aliphatic carbocycles. The van der Waals surface area contributed by atoms with E-state index in [2.05, 4.69) is 11.3 Å². The van der Waals surface area contributed by atoms with Crippen molar-refractivity contribution in [2.75, 3.05) is 6.61 Å². The normalized spacial score (nSPS) is 29.6. The quantitative estimate of drug-likeness (QED) is 0.822. The first-order valence-corrected chi connectivity index (χ1v) is 10.1. The summed E-state index contributed by atoms with van der Waals surface area (Å²) in [6.45, 7) is 10.5. The molecule has 1 aromatic carbocycles. The van der Waals surface area contributed by atoms with Crippen LogP contribution in [0.15, 0.2) is 29.7 Å². The average molecular weight is 379 g/mol. The third kappa shape index (κ3) is 2.74. The Bertz CT molecular complexity index is 878. The van der Waals surface area contributed by atoms with Gasteiger partial charge in [-0.2, -0.15) is 0 Å². The highest BCUT2D eigenvalue weighted by Crippen LogP contribution is 2.60. The molecular formula is C19H25NO5S. The third-order valence-corrected chi connectivity index (χ3v) is 7.27. The van der Waals surface area contributed by atoms with Gasteiger partial charge in [-0.3, -0.25) is 4.79 Å². The summed E-state index contributed by atoms with van der Waals surface area (Å²) >= 11 is 0. The van der Waals surface area contributed by atoms with Crippen LogP contribution < -0.4 is 14.2 Å². The van der Waals surface area contributed by atoms with Gasteiger partial charge < -0.3 is 9.47 Å². The molecular weight excluding hydrogens is 354 g/mol. The molecule has 0 bridgehead atoms. The van der Waals surface area contributed by atoms with E-state index < -0.39 is 21.0 Å². The molecule has 1 aliphatic heterocycles. The number of hydrogen-bond donors (Lipinski definition) is 1. The van der Waals surface area contributed by atoms with E-state index in [1.54, 1.807) is 6.07 Å². The lowest BCUT2D eigenvalue weighted by Gasteiger charge is -2.37. The predicted molar refractivity (Wildman–Crippen MR) is 98.9 cm³/mol. The van der Waals surface area contributed by atoms with Crippen molar-refractivity contribution in [2.45, 2.75) is 57.6 Å². The molecule has 6 nitrogen and oxygen atoms in total. The fraction of sp³-hybridized carbons (Fsp3) is 0.526. The molecule has 1 saturated carbocycles. The summed E-state index contributed by atoms with van der Waals surface area (Å²) in [6, 6.07) is 5.23. The minimum atomic E-state index is -3.60. The number of allylic oxidation sites excluding steroid dienone is 1. The molecule has 3 atom stereocenters. The maximum Gasteiger partial charge on any atom is 0.236 e. The van der Waals surface area contributed by atoms with Gasteiger partial charge in [0.25, 0.3) is 0 Å². The van der Waals surface area contributed by atoms with Gasteiger partial charge in [-0.05, 0) is 46.6 Å². The molecule has 0 aromatic heterocycles. The Kier molecular flexibility index (Phi) is 4.43. The zero-order valence-electron chi connectivity index (χ0n) is 15.6. The molecule has 3 rings (SSSR count). The van der Waals surface area contributed by atoms with Crippen LogP contribution in [0.5, 0.6) is 11.5 Å². The fourth-order valence-corrected chi connectivity index (χ4v) is 4.91. The molecule has 2 unspecified atom stereocenters. The molecule has 1 fully saturated rings. The summed E-state index contributed by atoms with van der Waals surface area (Å²) in [5.41, 5.74) is -0.221. The first-order valence-electron chi connectivity index (χ1n) is 8.64. The monoisotopic (exact) mass is 379 g/mol. The number of benzene rings is 1. The molecule has 26 heavy (non-hydrogen) atoms. The Morgan fingerprint density at radius 3 is 2.69 bits per heavy atom. The summed E-state index contributed by atoms with van der Waals surface area (Å²) in [5, 5.41) is 0. The van der Waals surface area contributed by atoms with E-state index in [1.165, 1.54) is 13.8 Å². The van der Waals surface area contributed by atoms with Crippen molar-refractivity contribution in [3.05, 3.63) is 35.2 Å². The molecule has 0 amide bonds. The number of carbonyl (C=O) groups is 1. The lowest BCUT2D eigenvalue weighted by atomic mass is 9.71. The number of sulfonamides is 1. The number of para-hydroxylation sites is 1. The van der Waals surface area contributed by atoms with Crippen LogP contribution >= 0.6 is 0 Å². The second-order valence-corrected chi connectivity index (χ2v) is 9.51. The number of nitrogens with one attached hydrogen (secondary N) is 1. The van der Waals surface area contributed by atoms with E-state index in [9.17, 15) is 13.2 Å². The van der Waals surface area contributed by atoms with Gasteiger partial charge in [0.2, 0.25) is 10.0 Å². The number of ketones is 1. The summed E-state index contributed by atoms with van der Waals surface area (Å²) in [4.78, 5) is 11.4. The van der Waals surface area contributed by atoms with E-state index in [0.717, 1.165) is 5.56 Å². The van der Waals surface area contributed by atoms with Gasteiger partial charge in [0.1, 0.15) is 12.2 Å². The Morgan fingerprint density at radius 2 is 2.08 bits per heavy atom. The molecule has 7 heteroatoms. The number of carbonyl (C=O) groups excluding carboxylic acids is 1. The molecule has 0 spiro atoms. The molecule has 1 N–H and O–H groups in total. The van der Waals surface area contributed by atoms with E-state index in [-0.39, 0.29) is 23.3 Å². The Balaban J connectivity index is 2.02. The van der Waals surface area contributed by atoms with E-state index >= 15 is 0 Å². The number of hydrogen-bond acceptors (Lipinski definition) is 5. The number of fused-ring (bicyclic) bond motifs is 3. The van der Waals surface area contributed by atoms with Gasteiger partial charge in [-0.15, -0.1) is 0 Å². The molecule has 0 saturated heterocycles. The first kappa shape index (κ1) is 18.9. The minimum absolute atomic E-state index is 0.0288. The molecule has 0 radical (unpaired) electrons. The summed E-state index contributed by atoms with van der Waals surface area (Å²) in [5.74, 6) is 1.03. The van der Waals surface area contributed by atoms with Crippen LogP contribution in [0.4, 0.5) is 0 Å². The number of ether oxygens (including phenoxy) is 2. The summed E-state index contributed by atoms with van der Waals surface area (Å²) < 4.78 is 39.4. The van der Waals surface area contributed by atoms with Crippen LogP contribution in [0, 0.1) is 0 Å². The van der Waals surface area contributed by atoms with Crippen molar-refractivity contribution in [1.82, 2.24) is 4.72 Å². The van der Waals surface area contributed by atoms with E-state index in [0.29, 0.717) is 24.3 Å². The highest BCUT2D eigenvalue weighted by Gasteiger charge is 2.63. The van der Waals surface area contributed by atoms with Crippen LogP contribution in [0.2, 0.25) is 0 Å². The van der Waals surface area contributed by atoms with Gasteiger partial charge >= 0.3 is 0 Å². The lowest BCUT2D eigenvalue weighted by molar-refractivity contribution is -0.118. The second kappa shape index (κ2) is 6.09. The Morgan fingerprint density at radius 1 is 1.38 bits per heavy atom. The zero-order valence-corrected chi connectivity index (χ0v) is 16.4. The fourth-order valence-electron chi connectivity index (χ4n) is 3.98. The van der Waals surface area contributed by atoms with Crippen molar-refractivity contribution in [3.63, 3.8) is 0 Å². The second-order valence-electron chi connectivity index (χ2n) is 7.57. The Labute approximate surface area is 154 Å². The van der Waals surface area contributed by atoms with Gasteiger partial charge in [-0.1, -0.05) is 18.7 Å². The van der Waals surface area contributed by atoms with Crippen molar-refractivity contribution >= 4 is 15.8 Å². The van der Waals surface area contributed by atoms with Crippen LogP contribution in [0.1, 0.15) is 46.1 Å². The highest BCUT2D eigenvalue weighted by atomic mass is 32.2. The van der Waals surface area contributed by atoms with Crippen molar-refractivity contribution in [3.8, 4) is 11.5 Å². The maximum atomic E-state index is 12.4.